The van der Waals surface area contributed by atoms with Crippen LogP contribution in [0.4, 0.5) is 0 Å². The zero-order valence-electron chi connectivity index (χ0n) is 9.32. The van der Waals surface area contributed by atoms with Crippen molar-refractivity contribution >= 4 is 11.9 Å². The van der Waals surface area contributed by atoms with Gasteiger partial charge in [-0.05, 0) is 19.3 Å². The molecule has 0 bridgehead atoms. The summed E-state index contributed by atoms with van der Waals surface area (Å²) in [6, 6.07) is 0. The quantitative estimate of drug-likeness (QED) is 0.591. The molecule has 0 aliphatic heterocycles. The molecular formula is C10H17NO5. The van der Waals surface area contributed by atoms with E-state index in [4.69, 9.17) is 14.6 Å². The van der Waals surface area contributed by atoms with E-state index in [-0.39, 0.29) is 6.61 Å². The van der Waals surface area contributed by atoms with Crippen LogP contribution >= 0.6 is 0 Å². The number of methoxy groups -OCH3 is 1. The zero-order valence-corrected chi connectivity index (χ0v) is 9.32. The minimum absolute atomic E-state index is 0.127. The summed E-state index contributed by atoms with van der Waals surface area (Å²) in [6.07, 6.45) is 1.81. The molecule has 16 heavy (non-hydrogen) atoms. The Kier molecular flexibility index (Phi) is 4.70. The van der Waals surface area contributed by atoms with Crippen LogP contribution in [-0.2, 0) is 19.1 Å². The molecule has 0 aromatic rings. The lowest BCUT2D eigenvalue weighted by molar-refractivity contribution is -0.152. The topological polar surface area (TPSA) is 84.9 Å². The van der Waals surface area contributed by atoms with Crippen molar-refractivity contribution in [3.63, 3.8) is 0 Å². The third kappa shape index (κ3) is 3.18. The smallest absolute Gasteiger partial charge is 0.329 e. The van der Waals surface area contributed by atoms with Gasteiger partial charge in [-0.25, -0.2) is 4.79 Å². The summed E-state index contributed by atoms with van der Waals surface area (Å²) in [5.41, 5.74) is -1.05. The Morgan fingerprint density at radius 1 is 1.38 bits per heavy atom. The molecule has 6 nitrogen and oxygen atoms in total. The lowest BCUT2D eigenvalue weighted by Crippen LogP contribution is -2.59. The summed E-state index contributed by atoms with van der Waals surface area (Å²) in [5, 5.41) is 11.5. The van der Waals surface area contributed by atoms with E-state index < -0.39 is 17.4 Å². The van der Waals surface area contributed by atoms with Gasteiger partial charge in [-0.2, -0.15) is 0 Å². The third-order valence-electron chi connectivity index (χ3n) is 2.66. The van der Waals surface area contributed by atoms with Gasteiger partial charge in [0, 0.05) is 7.11 Å². The van der Waals surface area contributed by atoms with E-state index in [1.807, 2.05) is 0 Å². The van der Waals surface area contributed by atoms with E-state index in [9.17, 15) is 9.59 Å². The number of aliphatic carboxylic acids is 1. The highest BCUT2D eigenvalue weighted by Gasteiger charge is 2.45. The van der Waals surface area contributed by atoms with E-state index in [0.29, 0.717) is 26.1 Å². The van der Waals surface area contributed by atoms with E-state index in [1.165, 1.54) is 7.11 Å². The van der Waals surface area contributed by atoms with E-state index in [1.54, 1.807) is 0 Å². The molecule has 0 aromatic heterocycles. The lowest BCUT2D eigenvalue weighted by atomic mass is 9.77. The fourth-order valence-electron chi connectivity index (χ4n) is 1.53. The molecule has 0 aromatic carbocycles. The van der Waals surface area contributed by atoms with Crippen LogP contribution in [0.25, 0.3) is 0 Å². The number of carboxylic acid groups (broad SMARTS) is 1. The molecule has 0 saturated heterocycles. The number of amides is 1. The summed E-state index contributed by atoms with van der Waals surface area (Å²) in [7, 11) is 1.54. The zero-order chi connectivity index (χ0) is 12.0. The van der Waals surface area contributed by atoms with Gasteiger partial charge in [0.1, 0.15) is 12.1 Å². The highest BCUT2D eigenvalue weighted by molar-refractivity contribution is 5.88. The summed E-state index contributed by atoms with van der Waals surface area (Å²) in [6.45, 7) is 0.611. The minimum atomic E-state index is -1.05. The predicted octanol–water partition coefficient (Wildman–Crippen LogP) is -0.227. The molecule has 1 rings (SSSR count). The van der Waals surface area contributed by atoms with Gasteiger partial charge >= 0.3 is 5.97 Å². The number of rotatable bonds is 7. The second kappa shape index (κ2) is 5.81. The highest BCUT2D eigenvalue weighted by Crippen LogP contribution is 2.31. The predicted molar refractivity (Wildman–Crippen MR) is 55.1 cm³/mol. The highest BCUT2D eigenvalue weighted by atomic mass is 16.5. The third-order valence-corrected chi connectivity index (χ3v) is 2.66. The number of nitrogens with one attached hydrogen (secondary N) is 1. The molecule has 0 spiro atoms. The molecule has 0 radical (unpaired) electrons. The minimum Gasteiger partial charge on any atom is -0.480 e. The normalized spacial score (nSPS) is 17.6. The molecule has 92 valence electrons. The SMILES string of the molecule is COCCOCC(=O)NC1(C(=O)O)CCC1. The van der Waals surface area contributed by atoms with Gasteiger partial charge in [0.25, 0.3) is 0 Å². The maximum absolute atomic E-state index is 11.4. The first-order chi connectivity index (χ1) is 7.60. The molecule has 1 saturated carbocycles. The maximum atomic E-state index is 11.4. The number of hydrogen-bond donors (Lipinski definition) is 2. The first-order valence-corrected chi connectivity index (χ1v) is 5.22. The Bertz CT molecular complexity index is 262. The molecule has 6 heteroatoms. The molecular weight excluding hydrogens is 214 g/mol. The van der Waals surface area contributed by atoms with Crippen LogP contribution in [-0.4, -0.2) is 49.5 Å². The number of carbonyl (C=O) groups excluding carboxylic acids is 1. The van der Waals surface area contributed by atoms with E-state index in [0.717, 1.165) is 6.42 Å². The average Bonchev–Trinajstić information content (AvgIpc) is 2.18. The molecule has 0 heterocycles. The first-order valence-electron chi connectivity index (χ1n) is 5.22. The van der Waals surface area contributed by atoms with Crippen LogP contribution in [0.5, 0.6) is 0 Å². The molecule has 1 aliphatic rings. The largest absolute Gasteiger partial charge is 0.480 e. The fraction of sp³-hybridized carbons (Fsp3) is 0.800. The van der Waals surface area contributed by atoms with E-state index >= 15 is 0 Å². The maximum Gasteiger partial charge on any atom is 0.329 e. The van der Waals surface area contributed by atoms with Crippen LogP contribution < -0.4 is 5.32 Å². The van der Waals surface area contributed by atoms with Crippen molar-refractivity contribution in [3.8, 4) is 0 Å². The average molecular weight is 231 g/mol. The summed E-state index contributed by atoms with van der Waals surface area (Å²) in [4.78, 5) is 22.3. The van der Waals surface area contributed by atoms with Crippen molar-refractivity contribution in [2.45, 2.75) is 24.8 Å². The fourth-order valence-corrected chi connectivity index (χ4v) is 1.53. The Balaban J connectivity index is 2.25. The van der Waals surface area contributed by atoms with Crippen molar-refractivity contribution in [2.75, 3.05) is 26.9 Å². The van der Waals surface area contributed by atoms with Crippen LogP contribution in [0.3, 0.4) is 0 Å². The van der Waals surface area contributed by atoms with Gasteiger partial charge < -0.3 is 19.9 Å². The summed E-state index contributed by atoms with van der Waals surface area (Å²) < 4.78 is 9.74. The van der Waals surface area contributed by atoms with Crippen LogP contribution in [0.2, 0.25) is 0 Å². The number of carboxylic acids is 1. The van der Waals surface area contributed by atoms with Crippen LogP contribution in [0.1, 0.15) is 19.3 Å². The lowest BCUT2D eigenvalue weighted by Gasteiger charge is -2.38. The van der Waals surface area contributed by atoms with Crippen molar-refractivity contribution in [2.24, 2.45) is 0 Å². The van der Waals surface area contributed by atoms with E-state index in [2.05, 4.69) is 5.32 Å². The summed E-state index contributed by atoms with van der Waals surface area (Å²) >= 11 is 0. The molecule has 0 atom stereocenters. The standard InChI is InChI=1S/C10H17NO5/c1-15-5-6-16-7-8(12)11-10(9(13)14)3-2-4-10/h2-7H2,1H3,(H,11,12)(H,13,14). The number of hydrogen-bond acceptors (Lipinski definition) is 4. The van der Waals surface area contributed by atoms with Crippen molar-refractivity contribution in [1.29, 1.82) is 0 Å². The van der Waals surface area contributed by atoms with Gasteiger partial charge in [0.05, 0.1) is 13.2 Å². The van der Waals surface area contributed by atoms with Crippen LogP contribution in [0, 0.1) is 0 Å². The van der Waals surface area contributed by atoms with Crippen molar-refractivity contribution in [3.05, 3.63) is 0 Å². The van der Waals surface area contributed by atoms with Crippen LogP contribution in [0.15, 0.2) is 0 Å². The molecule has 0 unspecified atom stereocenters. The molecule has 1 aliphatic carbocycles. The second-order valence-corrected chi connectivity index (χ2v) is 3.83. The summed E-state index contributed by atoms with van der Waals surface area (Å²) in [5.74, 6) is -1.36. The first kappa shape index (κ1) is 12.9. The van der Waals surface area contributed by atoms with Crippen molar-refractivity contribution in [1.82, 2.24) is 5.32 Å². The van der Waals surface area contributed by atoms with Gasteiger partial charge in [0.15, 0.2) is 0 Å². The monoisotopic (exact) mass is 231 g/mol. The Morgan fingerprint density at radius 3 is 2.50 bits per heavy atom. The number of ether oxygens (including phenoxy) is 2. The number of carbonyl (C=O) groups is 2. The molecule has 2 N–H and O–H groups in total. The Hall–Kier alpha value is -1.14. The van der Waals surface area contributed by atoms with Gasteiger partial charge in [-0.3, -0.25) is 4.79 Å². The molecule has 1 amide bonds. The van der Waals surface area contributed by atoms with Gasteiger partial charge in [-0.1, -0.05) is 0 Å². The van der Waals surface area contributed by atoms with Gasteiger partial charge in [-0.15, -0.1) is 0 Å². The Morgan fingerprint density at radius 2 is 2.06 bits per heavy atom. The van der Waals surface area contributed by atoms with Gasteiger partial charge in [0.2, 0.25) is 5.91 Å². The molecule has 1 fully saturated rings. The second-order valence-electron chi connectivity index (χ2n) is 3.83. The Labute approximate surface area is 93.9 Å². The van der Waals surface area contributed by atoms with Crippen molar-refractivity contribution < 1.29 is 24.2 Å².